The Hall–Kier alpha value is -2.43. The van der Waals surface area contributed by atoms with Crippen molar-refractivity contribution < 1.29 is 13.5 Å². The first-order chi connectivity index (χ1) is 9.24. The van der Waals surface area contributed by atoms with Gasteiger partial charge in [0.05, 0.1) is 16.6 Å². The van der Waals surface area contributed by atoms with Crippen molar-refractivity contribution in [2.45, 2.75) is 6.61 Å². The minimum absolute atomic E-state index is 0.108. The molecule has 0 saturated carbocycles. The van der Waals surface area contributed by atoms with E-state index >= 15 is 0 Å². The van der Waals surface area contributed by atoms with Gasteiger partial charge in [0, 0.05) is 0 Å². The van der Waals surface area contributed by atoms with Gasteiger partial charge in [-0.05, 0) is 24.3 Å². The van der Waals surface area contributed by atoms with Gasteiger partial charge in [-0.3, -0.25) is 0 Å². The first kappa shape index (κ1) is 11.6. The minimum Gasteiger partial charge on any atom is -0.434 e. The summed E-state index contributed by atoms with van der Waals surface area (Å²) in [6, 6.07) is 14.1. The molecule has 1 heterocycles. The number of aromatic nitrogens is 2. The summed E-state index contributed by atoms with van der Waals surface area (Å²) in [4.78, 5) is 7.46. The summed E-state index contributed by atoms with van der Waals surface area (Å²) in [5.41, 5.74) is 2.15. The fraction of sp³-hybridized carbons (Fsp3) is 0.0714. The zero-order chi connectivity index (χ0) is 13.2. The molecule has 5 heteroatoms. The number of imidazole rings is 1. The molecule has 96 valence electrons. The number of para-hydroxylation sites is 3. The van der Waals surface area contributed by atoms with Crippen molar-refractivity contribution in [3.8, 4) is 17.1 Å². The van der Waals surface area contributed by atoms with Crippen molar-refractivity contribution in [3.05, 3.63) is 48.5 Å². The molecule has 0 aliphatic rings. The number of benzene rings is 2. The Labute approximate surface area is 107 Å². The monoisotopic (exact) mass is 260 g/mol. The lowest BCUT2D eigenvalue weighted by Gasteiger charge is -2.08. The summed E-state index contributed by atoms with van der Waals surface area (Å²) in [7, 11) is 0. The molecule has 0 aliphatic carbocycles. The van der Waals surface area contributed by atoms with Crippen molar-refractivity contribution in [1.82, 2.24) is 9.97 Å². The Kier molecular flexibility index (Phi) is 2.87. The van der Waals surface area contributed by atoms with E-state index in [1.165, 1.54) is 6.07 Å². The highest BCUT2D eigenvalue weighted by Gasteiger charge is 2.13. The largest absolute Gasteiger partial charge is 0.434 e. The van der Waals surface area contributed by atoms with E-state index in [2.05, 4.69) is 14.7 Å². The maximum atomic E-state index is 12.4. The van der Waals surface area contributed by atoms with Gasteiger partial charge in [-0.2, -0.15) is 8.78 Å². The van der Waals surface area contributed by atoms with Crippen LogP contribution < -0.4 is 4.74 Å². The zero-order valence-electron chi connectivity index (χ0n) is 9.81. The van der Waals surface area contributed by atoms with Gasteiger partial charge in [0.2, 0.25) is 0 Å². The molecule has 1 N–H and O–H groups in total. The molecule has 0 spiro atoms. The van der Waals surface area contributed by atoms with Crippen molar-refractivity contribution >= 4 is 11.0 Å². The van der Waals surface area contributed by atoms with E-state index in [4.69, 9.17) is 0 Å². The third kappa shape index (κ3) is 2.27. The number of aromatic amines is 1. The first-order valence-electron chi connectivity index (χ1n) is 5.73. The summed E-state index contributed by atoms with van der Waals surface area (Å²) in [6.07, 6.45) is 0. The van der Waals surface area contributed by atoms with E-state index in [1.807, 2.05) is 24.3 Å². The van der Waals surface area contributed by atoms with E-state index < -0.39 is 6.61 Å². The number of hydrogen-bond acceptors (Lipinski definition) is 2. The molecule has 0 aliphatic heterocycles. The van der Waals surface area contributed by atoms with Gasteiger partial charge in [0.1, 0.15) is 11.6 Å². The summed E-state index contributed by atoms with van der Waals surface area (Å²) >= 11 is 0. The molecule has 0 atom stereocenters. The normalized spacial score (nSPS) is 11.1. The average Bonchev–Trinajstić information content (AvgIpc) is 2.82. The van der Waals surface area contributed by atoms with Crippen molar-refractivity contribution in [2.75, 3.05) is 0 Å². The second kappa shape index (κ2) is 4.68. The predicted molar refractivity (Wildman–Crippen MR) is 68.2 cm³/mol. The molecule has 1 aromatic heterocycles. The van der Waals surface area contributed by atoms with Gasteiger partial charge < -0.3 is 9.72 Å². The Bertz CT molecular complexity index is 676. The van der Waals surface area contributed by atoms with E-state index in [0.29, 0.717) is 11.4 Å². The highest BCUT2D eigenvalue weighted by atomic mass is 19.3. The minimum atomic E-state index is -2.86. The second-order valence-corrected chi connectivity index (χ2v) is 3.98. The number of halogens is 2. The molecule has 0 fully saturated rings. The molecule has 3 nitrogen and oxygen atoms in total. The van der Waals surface area contributed by atoms with Crippen LogP contribution in [-0.2, 0) is 0 Å². The lowest BCUT2D eigenvalue weighted by atomic mass is 10.2. The summed E-state index contributed by atoms with van der Waals surface area (Å²) < 4.78 is 29.2. The molecule has 0 saturated heterocycles. The van der Waals surface area contributed by atoms with E-state index in [9.17, 15) is 8.78 Å². The molecule has 2 aromatic carbocycles. The molecule has 19 heavy (non-hydrogen) atoms. The van der Waals surface area contributed by atoms with Crippen molar-refractivity contribution in [3.63, 3.8) is 0 Å². The van der Waals surface area contributed by atoms with Crippen LogP contribution in [0, 0.1) is 0 Å². The van der Waals surface area contributed by atoms with Gasteiger partial charge in [0.25, 0.3) is 0 Å². The summed E-state index contributed by atoms with van der Waals surface area (Å²) in [5.74, 6) is 0.619. The lowest BCUT2D eigenvalue weighted by Crippen LogP contribution is -2.03. The molecule has 0 bridgehead atoms. The number of H-pyrrole nitrogens is 1. The molecular weight excluding hydrogens is 250 g/mol. The van der Waals surface area contributed by atoms with E-state index in [1.54, 1.807) is 18.2 Å². The first-order valence-corrected chi connectivity index (χ1v) is 5.73. The second-order valence-electron chi connectivity index (χ2n) is 3.98. The Morgan fingerprint density at radius 1 is 1.00 bits per heavy atom. The molecule has 0 unspecified atom stereocenters. The van der Waals surface area contributed by atoms with Gasteiger partial charge >= 0.3 is 6.61 Å². The summed E-state index contributed by atoms with van der Waals surface area (Å²) in [6.45, 7) is -2.86. The standard InChI is InChI=1S/C14H10F2N2O/c15-14(16)19-12-8-4-1-5-9(12)13-17-10-6-2-3-7-11(10)18-13/h1-8,14H,(H,17,18). The number of fused-ring (bicyclic) bond motifs is 1. The fourth-order valence-corrected chi connectivity index (χ4v) is 1.94. The van der Waals surface area contributed by atoms with Crippen LogP contribution in [0.2, 0.25) is 0 Å². The van der Waals surface area contributed by atoms with Crippen LogP contribution in [0.3, 0.4) is 0 Å². The van der Waals surface area contributed by atoms with Crippen LogP contribution in [-0.4, -0.2) is 16.6 Å². The maximum Gasteiger partial charge on any atom is 0.387 e. The number of nitrogens with zero attached hydrogens (tertiary/aromatic N) is 1. The van der Waals surface area contributed by atoms with Crippen molar-refractivity contribution in [1.29, 1.82) is 0 Å². The van der Waals surface area contributed by atoms with Crippen LogP contribution >= 0.6 is 0 Å². The summed E-state index contributed by atoms with van der Waals surface area (Å²) in [5, 5.41) is 0. The zero-order valence-corrected chi connectivity index (χ0v) is 9.81. The Morgan fingerprint density at radius 2 is 1.74 bits per heavy atom. The van der Waals surface area contributed by atoms with Crippen LogP contribution in [0.4, 0.5) is 8.78 Å². The third-order valence-electron chi connectivity index (χ3n) is 2.75. The average molecular weight is 260 g/mol. The number of alkyl halides is 2. The van der Waals surface area contributed by atoms with Gasteiger partial charge in [-0.1, -0.05) is 24.3 Å². The van der Waals surface area contributed by atoms with E-state index in [-0.39, 0.29) is 5.75 Å². The Balaban J connectivity index is 2.10. The molecule has 0 amide bonds. The van der Waals surface area contributed by atoms with Crippen LogP contribution in [0.5, 0.6) is 5.75 Å². The van der Waals surface area contributed by atoms with Crippen LogP contribution in [0.15, 0.2) is 48.5 Å². The van der Waals surface area contributed by atoms with Gasteiger partial charge in [0.15, 0.2) is 0 Å². The van der Waals surface area contributed by atoms with Gasteiger partial charge in [-0.15, -0.1) is 0 Å². The lowest BCUT2D eigenvalue weighted by molar-refractivity contribution is -0.0494. The number of ether oxygens (including phenoxy) is 1. The molecule has 0 radical (unpaired) electrons. The van der Waals surface area contributed by atoms with Crippen molar-refractivity contribution in [2.24, 2.45) is 0 Å². The topological polar surface area (TPSA) is 37.9 Å². The maximum absolute atomic E-state index is 12.4. The quantitative estimate of drug-likeness (QED) is 0.777. The Morgan fingerprint density at radius 3 is 2.53 bits per heavy atom. The van der Waals surface area contributed by atoms with Crippen LogP contribution in [0.25, 0.3) is 22.4 Å². The number of rotatable bonds is 3. The SMILES string of the molecule is FC(F)Oc1ccccc1-c1nc2ccccc2[nH]1. The van der Waals surface area contributed by atoms with Gasteiger partial charge in [-0.25, -0.2) is 4.98 Å². The highest BCUT2D eigenvalue weighted by molar-refractivity contribution is 5.80. The fourth-order valence-electron chi connectivity index (χ4n) is 1.94. The van der Waals surface area contributed by atoms with Crippen LogP contribution in [0.1, 0.15) is 0 Å². The molecule has 3 rings (SSSR count). The molecular formula is C14H10F2N2O. The predicted octanol–water partition coefficient (Wildman–Crippen LogP) is 3.83. The smallest absolute Gasteiger partial charge is 0.387 e. The third-order valence-corrected chi connectivity index (χ3v) is 2.75. The highest BCUT2D eigenvalue weighted by Crippen LogP contribution is 2.30. The number of nitrogens with one attached hydrogen (secondary N) is 1. The number of hydrogen-bond donors (Lipinski definition) is 1. The van der Waals surface area contributed by atoms with E-state index in [0.717, 1.165) is 11.0 Å². The molecule has 3 aromatic rings.